The summed E-state index contributed by atoms with van der Waals surface area (Å²) in [5, 5.41) is 15.0. The number of hydrogen-bond donors (Lipinski definition) is 1. The first kappa shape index (κ1) is 10.2. The zero-order valence-corrected chi connectivity index (χ0v) is 7.93. The second-order valence-corrected chi connectivity index (χ2v) is 2.92. The van der Waals surface area contributed by atoms with Gasteiger partial charge in [0.2, 0.25) is 0 Å². The van der Waals surface area contributed by atoms with E-state index in [0.29, 0.717) is 13.1 Å². The van der Waals surface area contributed by atoms with Crippen molar-refractivity contribution in [3.63, 3.8) is 0 Å². The summed E-state index contributed by atoms with van der Waals surface area (Å²) in [5.41, 5.74) is 0. The Kier molecular flexibility index (Phi) is 2.85. The molecule has 0 bridgehead atoms. The lowest BCUT2D eigenvalue weighted by Crippen LogP contribution is -2.42. The fourth-order valence-corrected chi connectivity index (χ4v) is 1.08. The molecule has 0 spiro atoms. The van der Waals surface area contributed by atoms with Crippen molar-refractivity contribution in [3.05, 3.63) is 10.1 Å². The van der Waals surface area contributed by atoms with Gasteiger partial charge in [-0.2, -0.15) is 0 Å². The molecule has 1 aliphatic rings. The lowest BCUT2D eigenvalue weighted by atomic mass is 10.6. The predicted octanol–water partition coefficient (Wildman–Crippen LogP) is -0.879. The summed E-state index contributed by atoms with van der Waals surface area (Å²) in [5.74, 6) is -0.00583. The second kappa shape index (κ2) is 3.90. The van der Waals surface area contributed by atoms with Gasteiger partial charge in [-0.25, -0.2) is 14.9 Å². The van der Waals surface area contributed by atoms with Crippen molar-refractivity contribution in [2.24, 2.45) is 5.10 Å². The molecule has 0 aromatic heterocycles. The highest BCUT2D eigenvalue weighted by Gasteiger charge is 2.28. The second-order valence-electron chi connectivity index (χ2n) is 2.92. The number of nitrogens with zero attached hydrogens (tertiary/aromatic N) is 4. The minimum atomic E-state index is -0.830. The van der Waals surface area contributed by atoms with Gasteiger partial charge in [0.15, 0.2) is 5.03 Å². The van der Waals surface area contributed by atoms with Crippen LogP contribution >= 0.6 is 0 Å². The van der Waals surface area contributed by atoms with Gasteiger partial charge in [0.1, 0.15) is 5.10 Å². The van der Waals surface area contributed by atoms with Crippen molar-refractivity contribution in [1.82, 2.24) is 15.1 Å². The van der Waals surface area contributed by atoms with Gasteiger partial charge in [0.25, 0.3) is 5.96 Å². The van der Waals surface area contributed by atoms with E-state index in [2.05, 4.69) is 10.4 Å². The van der Waals surface area contributed by atoms with E-state index < -0.39 is 5.03 Å². The van der Waals surface area contributed by atoms with Crippen molar-refractivity contribution in [1.29, 1.82) is 0 Å². The smallest absolute Gasteiger partial charge is 0.326 e. The number of urea groups is 1. The van der Waals surface area contributed by atoms with E-state index in [-0.39, 0.29) is 12.0 Å². The van der Waals surface area contributed by atoms with Crippen LogP contribution in [0.3, 0.4) is 0 Å². The summed E-state index contributed by atoms with van der Waals surface area (Å²) < 4.78 is 0. The van der Waals surface area contributed by atoms with Crippen molar-refractivity contribution in [2.45, 2.75) is 0 Å². The first-order valence-electron chi connectivity index (χ1n) is 3.98. The third-order valence-electron chi connectivity index (χ3n) is 1.66. The Balaban J connectivity index is 2.79. The van der Waals surface area contributed by atoms with Gasteiger partial charge in [-0.05, 0) is 0 Å². The molecule has 1 fully saturated rings. The molecule has 0 saturated carbocycles. The molecule has 1 saturated heterocycles. The molecule has 0 radical (unpaired) electrons. The van der Waals surface area contributed by atoms with Crippen molar-refractivity contribution >= 4 is 12.0 Å². The number of hydrogen-bond acceptors (Lipinski definition) is 3. The van der Waals surface area contributed by atoms with Crippen molar-refractivity contribution in [2.75, 3.05) is 27.2 Å². The maximum atomic E-state index is 11.4. The van der Waals surface area contributed by atoms with E-state index >= 15 is 0 Å². The molecule has 0 aromatic rings. The zero-order chi connectivity index (χ0) is 10.7. The normalized spacial score (nSPS) is 18.1. The molecule has 2 amide bonds. The largest absolute Gasteiger partial charge is 0.349 e. The summed E-state index contributed by atoms with van der Waals surface area (Å²) in [6.07, 6.45) is 0. The molecule has 1 N–H and O–H groups in total. The lowest BCUT2D eigenvalue weighted by molar-refractivity contribution is -0.485. The molecule has 8 nitrogen and oxygen atoms in total. The fraction of sp³-hybridized carbons (Fsp3) is 0.667. The summed E-state index contributed by atoms with van der Waals surface area (Å²) >= 11 is 0. The molecule has 1 rings (SSSR count). The van der Waals surface area contributed by atoms with Gasteiger partial charge < -0.3 is 10.2 Å². The fourth-order valence-electron chi connectivity index (χ4n) is 1.08. The van der Waals surface area contributed by atoms with E-state index in [1.165, 1.54) is 9.80 Å². The minimum Gasteiger partial charge on any atom is -0.349 e. The Hall–Kier alpha value is -1.86. The van der Waals surface area contributed by atoms with Crippen molar-refractivity contribution in [3.8, 4) is 0 Å². The highest BCUT2D eigenvalue weighted by molar-refractivity contribution is 5.97. The quantitative estimate of drug-likeness (QED) is 0.440. The summed E-state index contributed by atoms with van der Waals surface area (Å²) in [7, 11) is 3.15. The SMILES string of the molecule is CN(C)C(=O)N1CCN/C1=N\[N+](=O)[O-]. The first-order valence-corrected chi connectivity index (χ1v) is 3.98. The van der Waals surface area contributed by atoms with E-state index in [0.717, 1.165) is 0 Å². The minimum absolute atomic E-state index is 0.00583. The Morgan fingerprint density at radius 2 is 2.36 bits per heavy atom. The molecule has 0 aliphatic carbocycles. The van der Waals surface area contributed by atoms with Crippen LogP contribution in [0.1, 0.15) is 0 Å². The first-order chi connectivity index (χ1) is 6.52. The maximum Gasteiger partial charge on any atom is 0.326 e. The van der Waals surface area contributed by atoms with Gasteiger partial charge >= 0.3 is 6.03 Å². The van der Waals surface area contributed by atoms with Crippen LogP contribution in [0.2, 0.25) is 0 Å². The number of nitrogens with one attached hydrogen (secondary N) is 1. The summed E-state index contributed by atoms with van der Waals surface area (Å²) in [4.78, 5) is 24.1. The predicted molar refractivity (Wildman–Crippen MR) is 48.2 cm³/mol. The topological polar surface area (TPSA) is 91.1 Å². The van der Waals surface area contributed by atoms with E-state index in [1.54, 1.807) is 14.1 Å². The Morgan fingerprint density at radius 3 is 2.86 bits per heavy atom. The van der Waals surface area contributed by atoms with Gasteiger partial charge in [0.05, 0.1) is 0 Å². The van der Waals surface area contributed by atoms with Crippen LogP contribution in [-0.4, -0.2) is 54.0 Å². The molecule has 1 heterocycles. The number of hydrazone groups is 1. The number of carbonyl (C=O) groups excluding carboxylic acids is 1. The molecule has 8 heteroatoms. The zero-order valence-electron chi connectivity index (χ0n) is 7.93. The Bertz CT molecular complexity index is 287. The van der Waals surface area contributed by atoms with Crippen LogP contribution in [0, 0.1) is 10.1 Å². The Labute approximate surface area is 80.3 Å². The van der Waals surface area contributed by atoms with E-state index in [1.807, 2.05) is 0 Å². The number of rotatable bonds is 1. The summed E-state index contributed by atoms with van der Waals surface area (Å²) in [6.45, 7) is 0.871. The molecule has 78 valence electrons. The number of carbonyl (C=O) groups is 1. The third-order valence-corrected chi connectivity index (χ3v) is 1.66. The number of nitro groups is 1. The Morgan fingerprint density at radius 1 is 1.71 bits per heavy atom. The van der Waals surface area contributed by atoms with Gasteiger partial charge in [0, 0.05) is 27.2 Å². The molecule has 0 unspecified atom stereocenters. The van der Waals surface area contributed by atoms with Crippen LogP contribution in [-0.2, 0) is 0 Å². The monoisotopic (exact) mass is 201 g/mol. The van der Waals surface area contributed by atoms with Crippen LogP contribution in [0.5, 0.6) is 0 Å². The van der Waals surface area contributed by atoms with Gasteiger partial charge in [-0.1, -0.05) is 0 Å². The van der Waals surface area contributed by atoms with Gasteiger partial charge in [-0.3, -0.25) is 4.90 Å². The summed E-state index contributed by atoms with van der Waals surface area (Å²) in [6, 6.07) is -0.324. The maximum absolute atomic E-state index is 11.4. The molecule has 14 heavy (non-hydrogen) atoms. The van der Waals surface area contributed by atoms with E-state index in [9.17, 15) is 14.9 Å². The third kappa shape index (κ3) is 2.09. The standard InChI is InChI=1S/C6H11N5O3/c1-9(2)6(12)10-4-3-7-5(10)8-11(13)14/h3-4H2,1-2H3,(H,7,8). The average Bonchev–Trinajstić information content (AvgIpc) is 2.49. The van der Waals surface area contributed by atoms with Crippen LogP contribution in [0.15, 0.2) is 5.10 Å². The molecule has 1 aliphatic heterocycles. The van der Waals surface area contributed by atoms with Crippen LogP contribution in [0.4, 0.5) is 4.79 Å². The average molecular weight is 201 g/mol. The highest BCUT2D eigenvalue weighted by Crippen LogP contribution is 2.01. The molecular weight excluding hydrogens is 190 g/mol. The number of amides is 2. The molecule has 0 atom stereocenters. The highest BCUT2D eigenvalue weighted by atomic mass is 16.7. The number of guanidine groups is 1. The van der Waals surface area contributed by atoms with Gasteiger partial charge in [-0.15, -0.1) is 0 Å². The lowest BCUT2D eigenvalue weighted by Gasteiger charge is -2.18. The molecule has 0 aromatic carbocycles. The van der Waals surface area contributed by atoms with Crippen molar-refractivity contribution < 1.29 is 9.83 Å². The van der Waals surface area contributed by atoms with Crippen LogP contribution < -0.4 is 5.32 Å². The van der Waals surface area contributed by atoms with Crippen LogP contribution in [0.25, 0.3) is 0 Å². The van der Waals surface area contributed by atoms with E-state index in [4.69, 9.17) is 0 Å². The molecular formula is C6H11N5O3.